The number of hydrogen-bond acceptors (Lipinski definition) is 13. The standard InChI is InChI=1S/C22H34O13/c1-5-6-30-9-11-32-21(27)19(34-17(25)13-15(2)23)20(35-18(26)14-16(3)24)22(28)33-12-10-31-8-7-29-4/h19-20H,5-14H2,1-4H3. The number of esters is 4. The monoisotopic (exact) mass is 506 g/mol. The molecule has 0 rings (SSSR count). The van der Waals surface area contributed by atoms with Gasteiger partial charge in [0.25, 0.3) is 0 Å². The zero-order valence-corrected chi connectivity index (χ0v) is 20.5. The van der Waals surface area contributed by atoms with Gasteiger partial charge in [0.2, 0.25) is 12.2 Å². The highest BCUT2D eigenvalue weighted by Crippen LogP contribution is 2.13. The molecule has 2 unspecified atom stereocenters. The van der Waals surface area contributed by atoms with Crippen LogP contribution in [0.1, 0.15) is 40.0 Å². The molecule has 2 atom stereocenters. The maximum Gasteiger partial charge on any atom is 0.352 e. The van der Waals surface area contributed by atoms with E-state index < -0.39 is 60.5 Å². The molecule has 0 aromatic carbocycles. The number of methoxy groups -OCH3 is 1. The zero-order valence-electron chi connectivity index (χ0n) is 20.5. The Morgan fingerprint density at radius 1 is 0.600 bits per heavy atom. The zero-order chi connectivity index (χ0) is 26.6. The van der Waals surface area contributed by atoms with Crippen molar-refractivity contribution < 1.29 is 61.9 Å². The first kappa shape index (κ1) is 32.1. The summed E-state index contributed by atoms with van der Waals surface area (Å²) in [6.45, 7) is 4.48. The number of carbonyl (C=O) groups is 6. The van der Waals surface area contributed by atoms with E-state index in [-0.39, 0.29) is 33.0 Å². The van der Waals surface area contributed by atoms with Crippen molar-refractivity contribution in [1.29, 1.82) is 0 Å². The van der Waals surface area contributed by atoms with Gasteiger partial charge in [-0.1, -0.05) is 6.92 Å². The molecule has 0 amide bonds. The number of Topliss-reactive ketones (excluding diaryl/α,β-unsaturated/α-hetero) is 2. The second kappa shape index (κ2) is 19.4. The number of rotatable bonds is 20. The maximum atomic E-state index is 12.7. The summed E-state index contributed by atoms with van der Waals surface area (Å²) >= 11 is 0. The fourth-order valence-electron chi connectivity index (χ4n) is 2.30. The summed E-state index contributed by atoms with van der Waals surface area (Å²) in [6, 6.07) is 0. The summed E-state index contributed by atoms with van der Waals surface area (Å²) in [4.78, 5) is 72.0. The van der Waals surface area contributed by atoms with Crippen molar-refractivity contribution in [2.75, 3.05) is 53.4 Å². The Labute approximate surface area is 203 Å². The van der Waals surface area contributed by atoms with Crippen molar-refractivity contribution in [2.24, 2.45) is 0 Å². The van der Waals surface area contributed by atoms with Crippen LogP contribution in [-0.4, -0.2) is 101 Å². The summed E-state index contributed by atoms with van der Waals surface area (Å²) in [6.07, 6.45) is -4.88. The quantitative estimate of drug-likeness (QED) is 0.0933. The normalized spacial score (nSPS) is 12.2. The number of ketones is 2. The number of carbonyl (C=O) groups excluding carboxylic acids is 6. The molecule has 13 heteroatoms. The first-order chi connectivity index (χ1) is 16.6. The van der Waals surface area contributed by atoms with E-state index in [1.807, 2.05) is 6.92 Å². The van der Waals surface area contributed by atoms with Gasteiger partial charge in [-0.3, -0.25) is 19.2 Å². The highest BCUT2D eigenvalue weighted by Gasteiger charge is 2.43. The van der Waals surface area contributed by atoms with E-state index in [0.717, 1.165) is 20.3 Å². The lowest BCUT2D eigenvalue weighted by atomic mass is 10.2. The topological polar surface area (TPSA) is 167 Å². The fourth-order valence-corrected chi connectivity index (χ4v) is 2.30. The van der Waals surface area contributed by atoms with Gasteiger partial charge in [0.05, 0.1) is 26.4 Å². The van der Waals surface area contributed by atoms with Crippen LogP contribution in [0, 0.1) is 0 Å². The highest BCUT2D eigenvalue weighted by atomic mass is 16.6. The molecule has 0 fully saturated rings. The predicted octanol–water partition coefficient (Wildman–Crippen LogP) is -0.0558. The summed E-state index contributed by atoms with van der Waals surface area (Å²) < 4.78 is 35.1. The van der Waals surface area contributed by atoms with E-state index in [9.17, 15) is 28.8 Å². The van der Waals surface area contributed by atoms with Gasteiger partial charge in [-0.25, -0.2) is 9.59 Å². The Morgan fingerprint density at radius 3 is 1.37 bits per heavy atom. The van der Waals surface area contributed by atoms with Gasteiger partial charge in [-0.15, -0.1) is 0 Å². The Bertz CT molecular complexity index is 703. The average molecular weight is 507 g/mol. The van der Waals surface area contributed by atoms with Gasteiger partial charge >= 0.3 is 23.9 Å². The van der Waals surface area contributed by atoms with E-state index in [1.54, 1.807) is 0 Å². The van der Waals surface area contributed by atoms with Crippen molar-refractivity contribution in [3.05, 3.63) is 0 Å². The first-order valence-corrected chi connectivity index (χ1v) is 11.0. The Kier molecular flexibility index (Phi) is 17.8. The third kappa shape index (κ3) is 16.4. The van der Waals surface area contributed by atoms with E-state index >= 15 is 0 Å². The summed E-state index contributed by atoms with van der Waals surface area (Å²) in [5, 5.41) is 0. The summed E-state index contributed by atoms with van der Waals surface area (Å²) in [5.74, 6) is -5.97. The predicted molar refractivity (Wildman–Crippen MR) is 116 cm³/mol. The van der Waals surface area contributed by atoms with Gasteiger partial charge < -0.3 is 33.2 Å². The lowest BCUT2D eigenvalue weighted by Gasteiger charge is -2.24. The number of ether oxygens (including phenoxy) is 7. The van der Waals surface area contributed by atoms with E-state index in [4.69, 9.17) is 33.2 Å². The third-order valence-corrected chi connectivity index (χ3v) is 3.77. The van der Waals surface area contributed by atoms with Gasteiger partial charge in [0.1, 0.15) is 37.6 Å². The van der Waals surface area contributed by atoms with Crippen LogP contribution in [0.4, 0.5) is 0 Å². The molecule has 13 nitrogen and oxygen atoms in total. The second-order valence-corrected chi connectivity index (χ2v) is 7.13. The summed E-state index contributed by atoms with van der Waals surface area (Å²) in [5.41, 5.74) is 0. The maximum absolute atomic E-state index is 12.7. The van der Waals surface area contributed by atoms with Crippen LogP contribution >= 0.6 is 0 Å². The van der Waals surface area contributed by atoms with Crippen LogP contribution in [0.3, 0.4) is 0 Å². The van der Waals surface area contributed by atoms with E-state index in [1.165, 1.54) is 7.11 Å². The molecule has 0 aliphatic carbocycles. The van der Waals surface area contributed by atoms with Gasteiger partial charge in [-0.2, -0.15) is 0 Å². The molecule has 0 radical (unpaired) electrons. The van der Waals surface area contributed by atoms with Crippen LogP contribution in [-0.2, 0) is 61.9 Å². The molecule has 0 aliphatic rings. The molecule has 0 aromatic heterocycles. The van der Waals surface area contributed by atoms with Crippen molar-refractivity contribution in [3.8, 4) is 0 Å². The Hall–Kier alpha value is -2.90. The number of hydrogen-bond donors (Lipinski definition) is 0. The lowest BCUT2D eigenvalue weighted by Crippen LogP contribution is -2.48. The van der Waals surface area contributed by atoms with Gasteiger partial charge in [0.15, 0.2) is 0 Å². The highest BCUT2D eigenvalue weighted by molar-refractivity contribution is 5.97. The molecule has 0 aromatic rings. The van der Waals surface area contributed by atoms with Crippen molar-refractivity contribution in [3.63, 3.8) is 0 Å². The molecule has 0 heterocycles. The van der Waals surface area contributed by atoms with Crippen LogP contribution in [0.25, 0.3) is 0 Å². The fraction of sp³-hybridized carbons (Fsp3) is 0.727. The molecule has 0 aliphatic heterocycles. The average Bonchev–Trinajstić information content (AvgIpc) is 2.77. The smallest absolute Gasteiger partial charge is 0.352 e. The Morgan fingerprint density at radius 2 is 1.00 bits per heavy atom. The van der Waals surface area contributed by atoms with Crippen molar-refractivity contribution in [2.45, 2.75) is 52.2 Å². The largest absolute Gasteiger partial charge is 0.460 e. The van der Waals surface area contributed by atoms with Crippen LogP contribution in [0.2, 0.25) is 0 Å². The van der Waals surface area contributed by atoms with Crippen molar-refractivity contribution >= 4 is 35.4 Å². The molecule has 35 heavy (non-hydrogen) atoms. The molecular weight excluding hydrogens is 472 g/mol. The molecule has 0 N–H and O–H groups in total. The lowest BCUT2D eigenvalue weighted by molar-refractivity contribution is -0.193. The SMILES string of the molecule is CCCOCCOC(=O)C(OC(=O)CC(C)=O)C(OC(=O)CC(C)=O)C(=O)OCCOCCOC. The van der Waals surface area contributed by atoms with E-state index in [0.29, 0.717) is 13.2 Å². The third-order valence-electron chi connectivity index (χ3n) is 3.77. The van der Waals surface area contributed by atoms with Crippen LogP contribution in [0.5, 0.6) is 0 Å². The molecule has 0 bridgehead atoms. The molecule has 0 spiro atoms. The van der Waals surface area contributed by atoms with Gasteiger partial charge in [-0.05, 0) is 20.3 Å². The van der Waals surface area contributed by atoms with Crippen LogP contribution in [0.15, 0.2) is 0 Å². The Balaban J connectivity index is 5.54. The minimum absolute atomic E-state index is 0.0196. The van der Waals surface area contributed by atoms with Crippen molar-refractivity contribution in [1.82, 2.24) is 0 Å². The minimum Gasteiger partial charge on any atom is -0.460 e. The molecule has 200 valence electrons. The van der Waals surface area contributed by atoms with Crippen LogP contribution < -0.4 is 0 Å². The second-order valence-electron chi connectivity index (χ2n) is 7.13. The minimum atomic E-state index is -2.10. The molecule has 0 saturated carbocycles. The van der Waals surface area contributed by atoms with E-state index in [2.05, 4.69) is 0 Å². The van der Waals surface area contributed by atoms with Gasteiger partial charge in [0, 0.05) is 13.7 Å². The first-order valence-electron chi connectivity index (χ1n) is 11.0. The summed E-state index contributed by atoms with van der Waals surface area (Å²) in [7, 11) is 1.48. The molecular formula is C22H34O13. The molecule has 0 saturated heterocycles.